The van der Waals surface area contributed by atoms with Crippen molar-refractivity contribution in [2.75, 3.05) is 0 Å². The molecule has 2 aliphatic carbocycles. The summed E-state index contributed by atoms with van der Waals surface area (Å²) in [5, 5.41) is 10.2. The van der Waals surface area contributed by atoms with Crippen molar-refractivity contribution in [3.05, 3.63) is 34.6 Å². The molecule has 2 unspecified atom stereocenters. The van der Waals surface area contributed by atoms with Crippen molar-refractivity contribution in [3.8, 4) is 0 Å². The van der Waals surface area contributed by atoms with Crippen molar-refractivity contribution in [1.82, 2.24) is 5.32 Å². The molecule has 2 aliphatic rings. The minimum absolute atomic E-state index is 0.0238. The minimum Gasteiger partial charge on any atom is -0.478 e. The lowest BCUT2D eigenvalue weighted by Crippen LogP contribution is -2.31. The molecule has 0 radical (unpaired) electrons. The van der Waals surface area contributed by atoms with Crippen LogP contribution >= 0.6 is 11.6 Å². The van der Waals surface area contributed by atoms with Crippen LogP contribution in [0.5, 0.6) is 0 Å². The molecule has 0 fully saturated rings. The third-order valence-electron chi connectivity index (χ3n) is 4.65. The van der Waals surface area contributed by atoms with Crippen LogP contribution in [0.25, 0.3) is 0 Å². The smallest absolute Gasteiger partial charge is 0.332 e. The van der Waals surface area contributed by atoms with Crippen molar-refractivity contribution in [2.45, 2.75) is 58.0 Å². The van der Waals surface area contributed by atoms with Gasteiger partial charge in [0.15, 0.2) is 0 Å². The Balaban J connectivity index is 2.22. The number of hydrogen-bond donors (Lipinski definition) is 2. The fourth-order valence-corrected chi connectivity index (χ4v) is 3.61. The predicted molar refractivity (Wildman–Crippen MR) is 95.7 cm³/mol. The average molecular weight is 370 g/mol. The third kappa shape index (κ3) is 4.72. The molecule has 0 aromatic rings. The highest BCUT2D eigenvalue weighted by atomic mass is 35.5. The summed E-state index contributed by atoms with van der Waals surface area (Å²) < 4.78 is 14.4. The highest BCUT2D eigenvalue weighted by Gasteiger charge is 2.34. The van der Waals surface area contributed by atoms with E-state index in [1.54, 1.807) is 12.2 Å². The summed E-state index contributed by atoms with van der Waals surface area (Å²) in [6.45, 7) is 5.76. The first-order valence-electron chi connectivity index (χ1n) is 8.68. The average Bonchev–Trinajstić information content (AvgIpc) is 2.49. The number of carbonyl (C=O) groups is 2. The van der Waals surface area contributed by atoms with Crippen molar-refractivity contribution in [1.29, 1.82) is 0 Å². The van der Waals surface area contributed by atoms with Gasteiger partial charge in [0.2, 0.25) is 5.13 Å². The van der Waals surface area contributed by atoms with E-state index in [9.17, 15) is 19.1 Å². The largest absolute Gasteiger partial charge is 0.478 e. The molecule has 0 bridgehead atoms. The summed E-state index contributed by atoms with van der Waals surface area (Å²) in [6, 6.07) is 0. The molecule has 2 rings (SSSR count). The number of amides is 1. The monoisotopic (exact) mass is 369 g/mol. The molecule has 2 N–H and O–H groups in total. The Kier molecular flexibility index (Phi) is 6.09. The summed E-state index contributed by atoms with van der Waals surface area (Å²) in [7, 11) is 0. The molecule has 0 aromatic carbocycles. The molecule has 4 nitrogen and oxygen atoms in total. The van der Waals surface area contributed by atoms with Gasteiger partial charge < -0.3 is 10.4 Å². The van der Waals surface area contributed by atoms with E-state index in [-0.39, 0.29) is 23.8 Å². The van der Waals surface area contributed by atoms with E-state index in [0.29, 0.717) is 29.7 Å². The zero-order chi connectivity index (χ0) is 18.8. The molecular formula is C19H25ClFNO3. The summed E-state index contributed by atoms with van der Waals surface area (Å²) in [5.74, 6) is -1.39. The van der Waals surface area contributed by atoms with Gasteiger partial charge in [-0.15, -0.1) is 0 Å². The molecule has 0 aliphatic heterocycles. The maximum absolute atomic E-state index is 14.4. The molecule has 0 heterocycles. The van der Waals surface area contributed by atoms with E-state index < -0.39 is 17.0 Å². The van der Waals surface area contributed by atoms with Gasteiger partial charge in [-0.2, -0.15) is 0 Å². The van der Waals surface area contributed by atoms with Crippen molar-refractivity contribution in [3.63, 3.8) is 0 Å². The second kappa shape index (κ2) is 7.73. The number of carbonyl (C=O) groups excluding carboxylic acids is 1. The molecular weight excluding hydrogens is 345 g/mol. The van der Waals surface area contributed by atoms with Crippen LogP contribution in [-0.2, 0) is 9.59 Å². The van der Waals surface area contributed by atoms with Gasteiger partial charge in [-0.25, -0.2) is 9.18 Å². The fraction of sp³-hybridized carbons (Fsp3) is 0.579. The van der Waals surface area contributed by atoms with Crippen LogP contribution in [0.15, 0.2) is 34.6 Å². The van der Waals surface area contributed by atoms with E-state index >= 15 is 0 Å². The van der Waals surface area contributed by atoms with Gasteiger partial charge in [-0.1, -0.05) is 38.4 Å². The van der Waals surface area contributed by atoms with E-state index in [1.165, 1.54) is 0 Å². The van der Waals surface area contributed by atoms with Crippen molar-refractivity contribution < 1.29 is 19.1 Å². The number of aliphatic carboxylic acids is 1. The van der Waals surface area contributed by atoms with Crippen LogP contribution in [0.4, 0.5) is 4.39 Å². The fourth-order valence-electron chi connectivity index (χ4n) is 3.40. The van der Waals surface area contributed by atoms with Gasteiger partial charge in [0, 0.05) is 23.3 Å². The van der Waals surface area contributed by atoms with Gasteiger partial charge in [-0.3, -0.25) is 4.79 Å². The van der Waals surface area contributed by atoms with Gasteiger partial charge in [-0.05, 0) is 49.2 Å². The summed E-state index contributed by atoms with van der Waals surface area (Å²) >= 11 is 5.94. The highest BCUT2D eigenvalue weighted by molar-refractivity contribution is 6.25. The number of nitrogens with one attached hydrogen (secondary N) is 1. The van der Waals surface area contributed by atoms with Crippen LogP contribution in [-0.4, -0.2) is 22.1 Å². The van der Waals surface area contributed by atoms with Crippen LogP contribution in [0.3, 0.4) is 0 Å². The van der Waals surface area contributed by atoms with Crippen LogP contribution < -0.4 is 5.32 Å². The third-order valence-corrected chi connectivity index (χ3v) is 5.05. The molecule has 0 saturated carbocycles. The normalized spacial score (nSPS) is 27.0. The number of alkyl halides is 2. The Morgan fingerprint density at radius 2 is 2.16 bits per heavy atom. The highest BCUT2D eigenvalue weighted by Crippen LogP contribution is 2.39. The van der Waals surface area contributed by atoms with Gasteiger partial charge in [0.1, 0.15) is 0 Å². The first kappa shape index (κ1) is 19.7. The SMILES string of the molecule is CC(C)CC1=CC(NC(=O)C2=C(C(=O)O)C(C)CCC2)=CCC1(F)Cl. The molecule has 0 spiro atoms. The number of carboxylic acids is 1. The first-order valence-corrected chi connectivity index (χ1v) is 9.06. The van der Waals surface area contributed by atoms with Gasteiger partial charge in [0.05, 0.1) is 0 Å². The van der Waals surface area contributed by atoms with Gasteiger partial charge in [0.25, 0.3) is 5.91 Å². The maximum Gasteiger partial charge on any atom is 0.332 e. The lowest BCUT2D eigenvalue weighted by molar-refractivity contribution is -0.134. The van der Waals surface area contributed by atoms with Gasteiger partial charge >= 0.3 is 5.97 Å². The van der Waals surface area contributed by atoms with E-state index in [0.717, 1.165) is 12.8 Å². The summed E-state index contributed by atoms with van der Waals surface area (Å²) in [6.07, 6.45) is 5.57. The number of rotatable bonds is 5. The molecule has 25 heavy (non-hydrogen) atoms. The number of carboxylic acid groups (broad SMARTS) is 1. The number of halogens is 2. The predicted octanol–water partition coefficient (Wildman–Crippen LogP) is 4.47. The summed E-state index contributed by atoms with van der Waals surface area (Å²) in [5.41, 5.74) is 1.41. The first-order chi connectivity index (χ1) is 11.6. The molecule has 1 amide bonds. The van der Waals surface area contributed by atoms with Crippen LogP contribution in [0, 0.1) is 11.8 Å². The molecule has 0 aromatic heterocycles. The number of hydrogen-bond acceptors (Lipinski definition) is 2. The number of allylic oxidation sites excluding steroid dienone is 3. The van der Waals surface area contributed by atoms with E-state index in [1.807, 2.05) is 20.8 Å². The lowest BCUT2D eigenvalue weighted by atomic mass is 9.83. The molecule has 2 atom stereocenters. The quantitative estimate of drug-likeness (QED) is 0.702. The van der Waals surface area contributed by atoms with E-state index in [2.05, 4.69) is 5.32 Å². The standard InChI is InChI=1S/C19H25ClFNO3/c1-11(2)9-13-10-14(7-8-19(13,20)21)22-17(23)15-6-4-5-12(3)16(15)18(24)25/h7,10-12H,4-6,8-9H2,1-3H3,(H,22,23)(H,24,25). The molecule has 0 saturated heterocycles. The minimum atomic E-state index is -1.93. The maximum atomic E-state index is 14.4. The Morgan fingerprint density at radius 3 is 2.76 bits per heavy atom. The summed E-state index contributed by atoms with van der Waals surface area (Å²) in [4.78, 5) is 24.1. The molecule has 138 valence electrons. The lowest BCUT2D eigenvalue weighted by Gasteiger charge is -2.27. The topological polar surface area (TPSA) is 66.4 Å². The Labute approximate surface area is 152 Å². The van der Waals surface area contributed by atoms with Crippen molar-refractivity contribution >= 4 is 23.5 Å². The Bertz CT molecular complexity index is 662. The zero-order valence-electron chi connectivity index (χ0n) is 14.9. The van der Waals surface area contributed by atoms with E-state index in [4.69, 9.17) is 11.6 Å². The Hall–Kier alpha value is -1.62. The van der Waals surface area contributed by atoms with Crippen molar-refractivity contribution in [2.24, 2.45) is 11.8 Å². The second-order valence-electron chi connectivity index (χ2n) is 7.28. The second-order valence-corrected chi connectivity index (χ2v) is 7.88. The Morgan fingerprint density at radius 1 is 1.48 bits per heavy atom. The van der Waals surface area contributed by atoms with Crippen LogP contribution in [0.1, 0.15) is 52.9 Å². The van der Waals surface area contributed by atoms with Crippen LogP contribution in [0.2, 0.25) is 0 Å². The zero-order valence-corrected chi connectivity index (χ0v) is 15.6. The molecule has 6 heteroatoms.